The van der Waals surface area contributed by atoms with Crippen LogP contribution in [0.5, 0.6) is 0 Å². The Kier molecular flexibility index (Phi) is 6.08. The molecule has 18 heavy (non-hydrogen) atoms. The van der Waals surface area contributed by atoms with E-state index in [1.54, 1.807) is 37.3 Å². The van der Waals surface area contributed by atoms with Crippen LogP contribution in [0.15, 0.2) is 30.3 Å². The van der Waals surface area contributed by atoms with Gasteiger partial charge in [-0.15, -0.1) is 0 Å². The number of ether oxygens (including phenoxy) is 2. The summed E-state index contributed by atoms with van der Waals surface area (Å²) in [4.78, 5) is 23.2. The van der Waals surface area contributed by atoms with Crippen LogP contribution in [0.4, 0.5) is 0 Å². The van der Waals surface area contributed by atoms with Crippen LogP contribution in [0.2, 0.25) is 0 Å². The molecule has 0 amide bonds. The predicted molar refractivity (Wildman–Crippen MR) is 67.2 cm³/mol. The molecule has 0 aliphatic carbocycles. The Hall–Kier alpha value is -1.68. The van der Waals surface area contributed by atoms with Crippen LogP contribution in [0.1, 0.15) is 37.0 Å². The third kappa shape index (κ3) is 4.67. The van der Waals surface area contributed by atoms with Gasteiger partial charge in [0.05, 0.1) is 6.61 Å². The number of benzene rings is 1. The maximum Gasteiger partial charge on any atom is 0.381 e. The molecule has 4 heteroatoms. The standard InChI is InChI=1S/C14H18O4/c1-3-4-10-17-11(2)18-14(16)13(15)12-8-6-5-7-9-12/h5-9,11H,3-4,10H2,1-2H3. The van der Waals surface area contributed by atoms with Crippen molar-refractivity contribution in [2.45, 2.75) is 33.0 Å². The smallest absolute Gasteiger partial charge is 0.381 e. The van der Waals surface area contributed by atoms with Crippen molar-refractivity contribution in [2.24, 2.45) is 0 Å². The maximum absolute atomic E-state index is 11.7. The summed E-state index contributed by atoms with van der Waals surface area (Å²) in [7, 11) is 0. The molecule has 0 saturated carbocycles. The molecule has 1 unspecified atom stereocenters. The maximum atomic E-state index is 11.7. The Bertz CT molecular complexity index is 386. The van der Waals surface area contributed by atoms with Gasteiger partial charge in [0.25, 0.3) is 5.78 Å². The van der Waals surface area contributed by atoms with Crippen molar-refractivity contribution < 1.29 is 19.1 Å². The number of hydrogen-bond donors (Lipinski definition) is 0. The van der Waals surface area contributed by atoms with Gasteiger partial charge in [-0.2, -0.15) is 0 Å². The molecule has 4 nitrogen and oxygen atoms in total. The lowest BCUT2D eigenvalue weighted by atomic mass is 10.1. The summed E-state index contributed by atoms with van der Waals surface area (Å²) in [5.41, 5.74) is 0.322. The van der Waals surface area contributed by atoms with Crippen LogP contribution in [0.3, 0.4) is 0 Å². The highest BCUT2D eigenvalue weighted by molar-refractivity contribution is 6.40. The molecule has 0 aliphatic heterocycles. The van der Waals surface area contributed by atoms with E-state index in [9.17, 15) is 9.59 Å². The van der Waals surface area contributed by atoms with Crippen molar-refractivity contribution in [2.75, 3.05) is 6.61 Å². The van der Waals surface area contributed by atoms with E-state index in [0.717, 1.165) is 12.8 Å². The number of carbonyl (C=O) groups excluding carboxylic acids is 2. The summed E-state index contributed by atoms with van der Waals surface area (Å²) in [6.45, 7) is 4.16. The molecule has 0 aliphatic rings. The molecule has 0 aromatic heterocycles. The van der Waals surface area contributed by atoms with E-state index in [1.807, 2.05) is 6.92 Å². The molecule has 0 N–H and O–H groups in total. The van der Waals surface area contributed by atoms with E-state index >= 15 is 0 Å². The quantitative estimate of drug-likeness (QED) is 0.245. The van der Waals surface area contributed by atoms with Gasteiger partial charge in [-0.1, -0.05) is 43.7 Å². The predicted octanol–water partition coefficient (Wildman–Crippen LogP) is 2.58. The number of Topliss-reactive ketones (excluding diaryl/α,β-unsaturated/α-hetero) is 1. The highest BCUT2D eigenvalue weighted by atomic mass is 16.7. The number of unbranched alkanes of at least 4 members (excludes halogenated alkanes) is 1. The van der Waals surface area contributed by atoms with Crippen molar-refractivity contribution in [3.63, 3.8) is 0 Å². The van der Waals surface area contributed by atoms with E-state index in [1.165, 1.54) is 0 Å². The first-order chi connectivity index (χ1) is 8.65. The van der Waals surface area contributed by atoms with E-state index in [-0.39, 0.29) is 0 Å². The summed E-state index contributed by atoms with van der Waals surface area (Å²) < 4.78 is 10.1. The monoisotopic (exact) mass is 250 g/mol. The van der Waals surface area contributed by atoms with Gasteiger partial charge < -0.3 is 9.47 Å². The zero-order valence-electron chi connectivity index (χ0n) is 10.7. The van der Waals surface area contributed by atoms with Crippen molar-refractivity contribution in [3.05, 3.63) is 35.9 Å². The normalized spacial score (nSPS) is 11.9. The van der Waals surface area contributed by atoms with Crippen molar-refractivity contribution in [1.29, 1.82) is 0 Å². The second kappa shape index (κ2) is 7.61. The van der Waals surface area contributed by atoms with Gasteiger partial charge in [0.15, 0.2) is 0 Å². The zero-order chi connectivity index (χ0) is 13.4. The van der Waals surface area contributed by atoms with Gasteiger partial charge in [0.1, 0.15) is 0 Å². The fourth-order valence-corrected chi connectivity index (χ4v) is 1.34. The molecule has 1 aromatic rings. The molecule has 0 heterocycles. The first-order valence-corrected chi connectivity index (χ1v) is 6.07. The molecule has 98 valence electrons. The number of carbonyl (C=O) groups is 2. The number of ketones is 1. The van der Waals surface area contributed by atoms with E-state index in [4.69, 9.17) is 9.47 Å². The Morgan fingerprint density at radius 3 is 2.50 bits per heavy atom. The summed E-state index contributed by atoms with van der Waals surface area (Å²) in [6, 6.07) is 8.32. The van der Waals surface area contributed by atoms with E-state index in [0.29, 0.717) is 12.2 Å². The third-order valence-electron chi connectivity index (χ3n) is 2.34. The molecule has 1 aromatic carbocycles. The minimum Gasteiger partial charge on any atom is -0.430 e. The third-order valence-corrected chi connectivity index (χ3v) is 2.34. The van der Waals surface area contributed by atoms with Gasteiger partial charge in [0, 0.05) is 5.56 Å². The van der Waals surface area contributed by atoms with Gasteiger partial charge in [-0.25, -0.2) is 4.79 Å². The number of hydrogen-bond acceptors (Lipinski definition) is 4. The van der Waals surface area contributed by atoms with E-state index in [2.05, 4.69) is 0 Å². The average Bonchev–Trinajstić information content (AvgIpc) is 2.39. The van der Waals surface area contributed by atoms with Gasteiger partial charge in [-0.3, -0.25) is 4.79 Å². The molecule has 1 atom stereocenters. The van der Waals surface area contributed by atoms with Crippen LogP contribution in [-0.2, 0) is 14.3 Å². The van der Waals surface area contributed by atoms with Gasteiger partial charge >= 0.3 is 5.97 Å². The van der Waals surface area contributed by atoms with Gasteiger partial charge in [0.2, 0.25) is 6.29 Å². The van der Waals surface area contributed by atoms with Crippen LogP contribution < -0.4 is 0 Å². The summed E-state index contributed by atoms with van der Waals surface area (Å²) >= 11 is 0. The second-order valence-corrected chi connectivity index (χ2v) is 3.89. The molecule has 0 radical (unpaired) electrons. The van der Waals surface area contributed by atoms with Crippen molar-refractivity contribution in [3.8, 4) is 0 Å². The molecule has 1 rings (SSSR count). The van der Waals surface area contributed by atoms with Crippen LogP contribution in [0.25, 0.3) is 0 Å². The van der Waals surface area contributed by atoms with Crippen LogP contribution in [-0.4, -0.2) is 24.6 Å². The van der Waals surface area contributed by atoms with Crippen LogP contribution >= 0.6 is 0 Å². The van der Waals surface area contributed by atoms with Crippen molar-refractivity contribution >= 4 is 11.8 Å². The molecular weight excluding hydrogens is 232 g/mol. The largest absolute Gasteiger partial charge is 0.430 e. The Labute approximate surface area is 107 Å². The average molecular weight is 250 g/mol. The molecule has 0 saturated heterocycles. The Morgan fingerprint density at radius 1 is 1.22 bits per heavy atom. The molecular formula is C14H18O4. The zero-order valence-corrected chi connectivity index (χ0v) is 10.7. The first-order valence-electron chi connectivity index (χ1n) is 6.07. The topological polar surface area (TPSA) is 52.6 Å². The number of rotatable bonds is 7. The minimum atomic E-state index is -0.884. The van der Waals surface area contributed by atoms with Crippen molar-refractivity contribution in [1.82, 2.24) is 0 Å². The first kappa shape index (κ1) is 14.4. The molecule has 0 fully saturated rings. The summed E-state index contributed by atoms with van der Waals surface area (Å²) in [5.74, 6) is -1.54. The lowest BCUT2D eigenvalue weighted by molar-refractivity contribution is -0.168. The highest BCUT2D eigenvalue weighted by Gasteiger charge is 2.20. The SMILES string of the molecule is CCCCOC(C)OC(=O)C(=O)c1ccccc1. The lowest BCUT2D eigenvalue weighted by Gasteiger charge is -2.13. The van der Waals surface area contributed by atoms with Gasteiger partial charge in [-0.05, 0) is 13.3 Å². The number of esters is 1. The second-order valence-electron chi connectivity index (χ2n) is 3.89. The summed E-state index contributed by atoms with van der Waals surface area (Å²) in [6.07, 6.45) is 1.20. The molecule has 0 bridgehead atoms. The lowest BCUT2D eigenvalue weighted by Crippen LogP contribution is -2.24. The van der Waals surface area contributed by atoms with E-state index < -0.39 is 18.0 Å². The Morgan fingerprint density at radius 2 is 1.89 bits per heavy atom. The summed E-state index contributed by atoms with van der Waals surface area (Å²) in [5, 5.41) is 0. The Balaban J connectivity index is 2.43. The highest BCUT2D eigenvalue weighted by Crippen LogP contribution is 2.04. The fourth-order valence-electron chi connectivity index (χ4n) is 1.34. The molecule has 0 spiro atoms. The minimum absolute atomic E-state index is 0.322. The van der Waals surface area contributed by atoms with Crippen LogP contribution in [0, 0.1) is 0 Å². The fraction of sp³-hybridized carbons (Fsp3) is 0.429.